The number of aliphatic hydroxyl groups excluding tert-OH is 1. The summed E-state index contributed by atoms with van der Waals surface area (Å²) in [4.78, 5) is 44.8. The summed E-state index contributed by atoms with van der Waals surface area (Å²) in [5, 5.41) is 11.2. The zero-order valence-corrected chi connectivity index (χ0v) is 21.1. The van der Waals surface area contributed by atoms with Crippen molar-refractivity contribution >= 4 is 39.9 Å². The smallest absolute Gasteiger partial charge is 0.350 e. The van der Waals surface area contributed by atoms with Crippen molar-refractivity contribution in [3.63, 3.8) is 0 Å². The number of carbonyl (C=O) groups excluding carboxylic acids is 3. The first kappa shape index (κ1) is 25.8. The normalized spacial score (nSPS) is 16.6. The molecule has 0 saturated carbocycles. The van der Waals surface area contributed by atoms with Gasteiger partial charge in [0, 0.05) is 5.56 Å². The predicted octanol–water partition coefficient (Wildman–Crippen LogP) is 4.88. The molecule has 1 unspecified atom stereocenters. The van der Waals surface area contributed by atoms with Gasteiger partial charge in [0.1, 0.15) is 28.8 Å². The van der Waals surface area contributed by atoms with Crippen LogP contribution in [0.4, 0.5) is 9.52 Å². The lowest BCUT2D eigenvalue weighted by Gasteiger charge is -2.23. The van der Waals surface area contributed by atoms with Gasteiger partial charge in [-0.3, -0.25) is 14.5 Å². The Labute approximate surface area is 216 Å². The zero-order chi connectivity index (χ0) is 26.9. The minimum atomic E-state index is -1.12. The van der Waals surface area contributed by atoms with Gasteiger partial charge < -0.3 is 14.6 Å². The van der Waals surface area contributed by atoms with Gasteiger partial charge in [0.25, 0.3) is 5.78 Å². The number of hydrogen-bond acceptors (Lipinski definition) is 8. The van der Waals surface area contributed by atoms with E-state index < -0.39 is 35.3 Å². The van der Waals surface area contributed by atoms with Gasteiger partial charge in [-0.25, -0.2) is 14.2 Å². The van der Waals surface area contributed by atoms with E-state index in [0.29, 0.717) is 22.6 Å². The molecule has 1 amide bonds. The number of esters is 1. The van der Waals surface area contributed by atoms with E-state index in [0.717, 1.165) is 22.3 Å². The molecule has 37 heavy (non-hydrogen) atoms. The topological polar surface area (TPSA) is 106 Å². The Hall–Kier alpha value is -4.31. The fourth-order valence-electron chi connectivity index (χ4n) is 3.93. The van der Waals surface area contributed by atoms with Crippen LogP contribution in [0.15, 0.2) is 60.7 Å². The highest BCUT2D eigenvalue weighted by molar-refractivity contribution is 7.17. The van der Waals surface area contributed by atoms with Crippen LogP contribution in [-0.2, 0) is 14.3 Å². The third kappa shape index (κ3) is 4.75. The van der Waals surface area contributed by atoms with Gasteiger partial charge in [-0.15, -0.1) is 0 Å². The summed E-state index contributed by atoms with van der Waals surface area (Å²) in [6, 6.07) is 9.54. The minimum absolute atomic E-state index is 0.00700. The SMILES string of the molecule is C=CCOC(=O)c1sc(N2C(=O)C(=O)/C(=C(/O)c3ccc(C)c(F)c3)C2c2cccc(OC)c2)nc1C. The monoisotopic (exact) mass is 522 g/mol. The van der Waals surface area contributed by atoms with E-state index in [1.165, 1.54) is 25.3 Å². The zero-order valence-electron chi connectivity index (χ0n) is 20.3. The van der Waals surface area contributed by atoms with Crippen molar-refractivity contribution in [1.82, 2.24) is 4.98 Å². The second kappa shape index (κ2) is 10.4. The first-order valence-corrected chi connectivity index (χ1v) is 12.0. The number of halogens is 1. The van der Waals surface area contributed by atoms with E-state index in [4.69, 9.17) is 9.47 Å². The minimum Gasteiger partial charge on any atom is -0.507 e. The first-order chi connectivity index (χ1) is 17.7. The number of nitrogens with zero attached hydrogens (tertiary/aromatic N) is 2. The lowest BCUT2D eigenvalue weighted by molar-refractivity contribution is -0.132. The number of ether oxygens (including phenoxy) is 2. The fraction of sp³-hybridized carbons (Fsp3) is 0.185. The number of amides is 1. The van der Waals surface area contributed by atoms with Gasteiger partial charge in [0.2, 0.25) is 0 Å². The molecule has 1 aliphatic heterocycles. The number of carbonyl (C=O) groups is 3. The Morgan fingerprint density at radius 1 is 1.24 bits per heavy atom. The molecule has 0 bridgehead atoms. The number of rotatable bonds is 7. The van der Waals surface area contributed by atoms with E-state index in [1.807, 2.05) is 0 Å². The summed E-state index contributed by atoms with van der Waals surface area (Å²) in [5.41, 5.74) is 0.899. The van der Waals surface area contributed by atoms with Crippen molar-refractivity contribution in [2.75, 3.05) is 18.6 Å². The van der Waals surface area contributed by atoms with Gasteiger partial charge >= 0.3 is 11.9 Å². The van der Waals surface area contributed by atoms with Gasteiger partial charge in [0.15, 0.2) is 5.13 Å². The summed E-state index contributed by atoms with van der Waals surface area (Å²) in [6.07, 6.45) is 1.42. The third-order valence-corrected chi connectivity index (χ3v) is 6.95. The highest BCUT2D eigenvalue weighted by Crippen LogP contribution is 2.44. The molecule has 1 aromatic heterocycles. The van der Waals surface area contributed by atoms with Crippen molar-refractivity contribution in [2.24, 2.45) is 0 Å². The lowest BCUT2D eigenvalue weighted by atomic mass is 9.95. The van der Waals surface area contributed by atoms with Gasteiger partial charge in [-0.2, -0.15) is 0 Å². The number of benzene rings is 2. The van der Waals surface area contributed by atoms with Gasteiger partial charge in [0.05, 0.1) is 24.4 Å². The summed E-state index contributed by atoms with van der Waals surface area (Å²) in [7, 11) is 1.47. The molecule has 1 atom stereocenters. The van der Waals surface area contributed by atoms with Crippen molar-refractivity contribution in [3.8, 4) is 5.75 Å². The number of aromatic nitrogens is 1. The molecule has 0 spiro atoms. The third-order valence-electron chi connectivity index (χ3n) is 5.81. The summed E-state index contributed by atoms with van der Waals surface area (Å²) >= 11 is 0.881. The average Bonchev–Trinajstić information content (AvgIpc) is 3.40. The molecule has 190 valence electrons. The Balaban J connectivity index is 1.91. The van der Waals surface area contributed by atoms with Crippen LogP contribution in [0.1, 0.15) is 38.1 Å². The number of anilines is 1. The molecule has 2 aromatic carbocycles. The standard InChI is InChI=1S/C27H23FN2O6S/c1-5-11-36-26(34)24-15(3)29-27(37-24)30-21(16-7-6-8-18(12-16)35-4)20(23(32)25(30)33)22(31)17-10-9-14(2)19(28)13-17/h5-10,12-13,21,31H,1,11H2,2-4H3/b22-20+. The van der Waals surface area contributed by atoms with Crippen molar-refractivity contribution in [2.45, 2.75) is 19.9 Å². The van der Waals surface area contributed by atoms with Gasteiger partial charge in [-0.1, -0.05) is 48.3 Å². The number of methoxy groups -OCH3 is 1. The van der Waals surface area contributed by atoms with Crippen LogP contribution in [0.25, 0.3) is 5.76 Å². The van der Waals surface area contributed by atoms with E-state index in [1.54, 1.807) is 38.1 Å². The van der Waals surface area contributed by atoms with Crippen molar-refractivity contribution < 1.29 is 33.4 Å². The lowest BCUT2D eigenvalue weighted by Crippen LogP contribution is -2.29. The van der Waals surface area contributed by atoms with E-state index in [9.17, 15) is 23.9 Å². The fourth-order valence-corrected chi connectivity index (χ4v) is 4.91. The predicted molar refractivity (Wildman–Crippen MR) is 136 cm³/mol. The highest BCUT2D eigenvalue weighted by atomic mass is 32.1. The number of aliphatic hydroxyl groups is 1. The second-order valence-corrected chi connectivity index (χ2v) is 9.19. The molecule has 4 rings (SSSR count). The molecule has 1 saturated heterocycles. The molecule has 3 aromatic rings. The Morgan fingerprint density at radius 2 is 2.00 bits per heavy atom. The van der Waals surface area contributed by atoms with Crippen LogP contribution in [-0.4, -0.2) is 41.5 Å². The van der Waals surface area contributed by atoms with Crippen LogP contribution < -0.4 is 9.64 Å². The van der Waals surface area contributed by atoms with E-state index in [-0.39, 0.29) is 27.8 Å². The number of hydrogen-bond donors (Lipinski definition) is 1. The van der Waals surface area contributed by atoms with Crippen molar-refractivity contribution in [3.05, 3.63) is 93.8 Å². The van der Waals surface area contributed by atoms with E-state index in [2.05, 4.69) is 11.6 Å². The number of ketones is 1. The molecule has 0 aliphatic carbocycles. The summed E-state index contributed by atoms with van der Waals surface area (Å²) in [6.45, 7) is 6.65. The Morgan fingerprint density at radius 3 is 2.68 bits per heavy atom. The van der Waals surface area contributed by atoms with Crippen LogP contribution in [0.5, 0.6) is 5.75 Å². The Kier molecular flexibility index (Phi) is 7.21. The maximum Gasteiger partial charge on any atom is 0.350 e. The van der Waals surface area contributed by atoms with Crippen LogP contribution in [0.3, 0.4) is 0 Å². The van der Waals surface area contributed by atoms with E-state index >= 15 is 0 Å². The van der Waals surface area contributed by atoms with Crippen molar-refractivity contribution in [1.29, 1.82) is 0 Å². The van der Waals surface area contributed by atoms with Crippen LogP contribution in [0.2, 0.25) is 0 Å². The number of Topliss-reactive ketones (excluding diaryl/α,β-unsaturated/α-hetero) is 1. The molecule has 1 fully saturated rings. The molecule has 10 heteroatoms. The second-order valence-electron chi connectivity index (χ2n) is 8.21. The maximum absolute atomic E-state index is 14.3. The highest BCUT2D eigenvalue weighted by Gasteiger charge is 2.48. The average molecular weight is 523 g/mol. The molecule has 2 heterocycles. The quantitative estimate of drug-likeness (QED) is 0.155. The molecular weight excluding hydrogens is 499 g/mol. The number of aryl methyl sites for hydroxylation is 2. The number of thiazole rings is 1. The first-order valence-electron chi connectivity index (χ1n) is 11.1. The molecule has 8 nitrogen and oxygen atoms in total. The molecular formula is C27H23FN2O6S. The van der Waals surface area contributed by atoms with Crippen LogP contribution >= 0.6 is 11.3 Å². The Bertz CT molecular complexity index is 1460. The molecule has 1 aliphatic rings. The summed E-state index contributed by atoms with van der Waals surface area (Å²) < 4.78 is 24.7. The van der Waals surface area contributed by atoms with Gasteiger partial charge in [-0.05, 0) is 43.2 Å². The maximum atomic E-state index is 14.3. The molecule has 1 N–H and O–H groups in total. The largest absolute Gasteiger partial charge is 0.507 e. The van der Waals surface area contributed by atoms with Crippen LogP contribution in [0, 0.1) is 19.7 Å². The molecule has 0 radical (unpaired) electrons. The summed E-state index contributed by atoms with van der Waals surface area (Å²) in [5.74, 6) is -3.24.